The lowest BCUT2D eigenvalue weighted by atomic mass is 9.95. The second-order valence-corrected chi connectivity index (χ2v) is 8.02. The molecule has 0 saturated carbocycles. The zero-order valence-corrected chi connectivity index (χ0v) is 17.1. The normalized spacial score (nSPS) is 15.4. The van der Waals surface area contributed by atoms with Gasteiger partial charge in [-0.05, 0) is 57.1 Å². The third kappa shape index (κ3) is 5.85. The van der Waals surface area contributed by atoms with E-state index in [9.17, 15) is 9.59 Å². The van der Waals surface area contributed by atoms with E-state index < -0.39 is 0 Å². The van der Waals surface area contributed by atoms with Gasteiger partial charge in [0.1, 0.15) is 6.61 Å². The first kappa shape index (κ1) is 20.4. The molecule has 1 aromatic heterocycles. The van der Waals surface area contributed by atoms with Crippen LogP contribution in [0.2, 0.25) is 0 Å². The standard InChI is InChI=1S/C20H26N4O3S/c1-14-21-18(13-28-14)11-24-9-7-15(8-10-24)20(26)23-17-5-3-16(4-6-17)22-19(25)12-27-2/h3-6,13,15H,7-12H2,1-2H3,(H,22,25)(H,23,26). The van der Waals surface area contributed by atoms with Crippen LogP contribution in [0.5, 0.6) is 0 Å². The van der Waals surface area contributed by atoms with Crippen LogP contribution in [0, 0.1) is 12.8 Å². The Balaban J connectivity index is 1.44. The number of rotatable bonds is 7. The van der Waals surface area contributed by atoms with Gasteiger partial charge in [0.25, 0.3) is 0 Å². The Bertz CT molecular complexity index is 798. The molecule has 0 atom stereocenters. The number of nitrogens with one attached hydrogen (secondary N) is 2. The van der Waals surface area contributed by atoms with E-state index >= 15 is 0 Å². The molecule has 3 rings (SSSR count). The number of methoxy groups -OCH3 is 1. The molecule has 2 aromatic rings. The van der Waals surface area contributed by atoms with Gasteiger partial charge >= 0.3 is 0 Å². The largest absolute Gasteiger partial charge is 0.375 e. The molecule has 0 aliphatic carbocycles. The molecule has 2 N–H and O–H groups in total. The smallest absolute Gasteiger partial charge is 0.250 e. The highest BCUT2D eigenvalue weighted by Gasteiger charge is 2.25. The zero-order valence-electron chi connectivity index (χ0n) is 16.2. The summed E-state index contributed by atoms with van der Waals surface area (Å²) in [5.74, 6) is -0.131. The van der Waals surface area contributed by atoms with Gasteiger partial charge in [0.2, 0.25) is 11.8 Å². The van der Waals surface area contributed by atoms with Gasteiger partial charge in [-0.25, -0.2) is 4.98 Å². The van der Waals surface area contributed by atoms with Crippen molar-refractivity contribution >= 4 is 34.5 Å². The first-order chi connectivity index (χ1) is 13.5. The van der Waals surface area contributed by atoms with Crippen molar-refractivity contribution in [3.8, 4) is 0 Å². The highest BCUT2D eigenvalue weighted by atomic mass is 32.1. The maximum Gasteiger partial charge on any atom is 0.250 e. The van der Waals surface area contributed by atoms with Crippen LogP contribution in [0.3, 0.4) is 0 Å². The summed E-state index contributed by atoms with van der Waals surface area (Å²) < 4.78 is 4.79. The van der Waals surface area contributed by atoms with E-state index in [4.69, 9.17) is 4.74 Å². The maximum absolute atomic E-state index is 12.6. The van der Waals surface area contributed by atoms with Crippen LogP contribution >= 0.6 is 11.3 Å². The second kappa shape index (κ2) is 9.77. The van der Waals surface area contributed by atoms with Crippen LogP contribution in [0.4, 0.5) is 11.4 Å². The summed E-state index contributed by atoms with van der Waals surface area (Å²) in [7, 11) is 1.47. The van der Waals surface area contributed by atoms with Crippen LogP contribution in [0.15, 0.2) is 29.6 Å². The fourth-order valence-corrected chi connectivity index (χ4v) is 3.88. The number of hydrogen-bond donors (Lipinski definition) is 2. The number of piperidine rings is 1. The number of nitrogens with zero attached hydrogens (tertiary/aromatic N) is 2. The number of carbonyl (C=O) groups excluding carboxylic acids is 2. The van der Waals surface area contributed by atoms with Crippen molar-refractivity contribution in [3.63, 3.8) is 0 Å². The van der Waals surface area contributed by atoms with E-state index in [2.05, 4.69) is 25.9 Å². The molecule has 1 saturated heterocycles. The number of aromatic nitrogens is 1. The van der Waals surface area contributed by atoms with Gasteiger partial charge < -0.3 is 15.4 Å². The van der Waals surface area contributed by atoms with Gasteiger partial charge in [-0.15, -0.1) is 11.3 Å². The van der Waals surface area contributed by atoms with E-state index in [1.807, 2.05) is 6.92 Å². The van der Waals surface area contributed by atoms with Gasteiger partial charge in [-0.1, -0.05) is 0 Å². The summed E-state index contributed by atoms with van der Waals surface area (Å²) in [6, 6.07) is 7.11. The highest BCUT2D eigenvalue weighted by molar-refractivity contribution is 7.09. The number of ether oxygens (including phenoxy) is 1. The topological polar surface area (TPSA) is 83.6 Å². The van der Waals surface area contributed by atoms with Gasteiger partial charge in [0, 0.05) is 36.3 Å². The van der Waals surface area contributed by atoms with Crippen molar-refractivity contribution < 1.29 is 14.3 Å². The van der Waals surface area contributed by atoms with Gasteiger partial charge in [-0.2, -0.15) is 0 Å². The van der Waals surface area contributed by atoms with E-state index in [0.29, 0.717) is 5.69 Å². The molecule has 0 unspecified atom stereocenters. The molecule has 1 aliphatic rings. The molecule has 8 heteroatoms. The number of aryl methyl sites for hydroxylation is 1. The summed E-state index contributed by atoms with van der Waals surface area (Å²) in [6.45, 7) is 4.69. The first-order valence-electron chi connectivity index (χ1n) is 9.36. The molecule has 0 bridgehead atoms. The number of anilines is 2. The van der Waals surface area contributed by atoms with Crippen LogP contribution in [-0.4, -0.2) is 48.5 Å². The molecule has 7 nitrogen and oxygen atoms in total. The van der Waals surface area contributed by atoms with E-state index in [-0.39, 0.29) is 24.3 Å². The Morgan fingerprint density at radius 1 is 1.18 bits per heavy atom. The fraction of sp³-hybridized carbons (Fsp3) is 0.450. The van der Waals surface area contributed by atoms with E-state index in [1.165, 1.54) is 7.11 Å². The Hall–Kier alpha value is -2.29. The van der Waals surface area contributed by atoms with Crippen molar-refractivity contribution in [1.82, 2.24) is 9.88 Å². The summed E-state index contributed by atoms with van der Waals surface area (Å²) in [4.78, 5) is 30.9. The maximum atomic E-state index is 12.6. The van der Waals surface area contributed by atoms with Crippen LogP contribution in [-0.2, 0) is 20.9 Å². The molecule has 0 radical (unpaired) electrons. The number of benzene rings is 1. The van der Waals surface area contributed by atoms with Crippen LogP contribution in [0.25, 0.3) is 0 Å². The first-order valence-corrected chi connectivity index (χ1v) is 10.2. The Morgan fingerprint density at radius 2 is 1.82 bits per heavy atom. The van der Waals surface area contributed by atoms with Crippen molar-refractivity contribution in [2.45, 2.75) is 26.3 Å². The molecule has 2 heterocycles. The third-order valence-electron chi connectivity index (χ3n) is 4.72. The summed E-state index contributed by atoms with van der Waals surface area (Å²) >= 11 is 1.67. The fourth-order valence-electron chi connectivity index (χ4n) is 3.27. The molecule has 150 valence electrons. The molecule has 1 fully saturated rings. The van der Waals surface area contributed by atoms with Gasteiger partial charge in [-0.3, -0.25) is 14.5 Å². The lowest BCUT2D eigenvalue weighted by molar-refractivity contribution is -0.121. The lowest BCUT2D eigenvalue weighted by Gasteiger charge is -2.30. The Morgan fingerprint density at radius 3 is 2.39 bits per heavy atom. The number of amides is 2. The molecule has 2 amide bonds. The Kier molecular flexibility index (Phi) is 7.13. The quantitative estimate of drug-likeness (QED) is 0.744. The molecular weight excluding hydrogens is 376 g/mol. The molecule has 1 aromatic carbocycles. The molecule has 0 spiro atoms. The number of likely N-dealkylation sites (tertiary alicyclic amines) is 1. The third-order valence-corrected chi connectivity index (χ3v) is 5.54. The van der Waals surface area contributed by atoms with E-state index in [1.54, 1.807) is 35.6 Å². The summed E-state index contributed by atoms with van der Waals surface area (Å²) in [6.07, 6.45) is 1.69. The van der Waals surface area contributed by atoms with Gasteiger partial charge in [0.05, 0.1) is 10.7 Å². The number of thiazole rings is 1. The molecule has 1 aliphatic heterocycles. The van der Waals surface area contributed by atoms with Crippen LogP contribution in [0.1, 0.15) is 23.5 Å². The monoisotopic (exact) mass is 402 g/mol. The second-order valence-electron chi connectivity index (χ2n) is 6.96. The van der Waals surface area contributed by atoms with Crippen molar-refractivity contribution in [3.05, 3.63) is 40.3 Å². The van der Waals surface area contributed by atoms with Gasteiger partial charge in [0.15, 0.2) is 0 Å². The number of hydrogen-bond acceptors (Lipinski definition) is 6. The predicted molar refractivity (Wildman–Crippen MR) is 110 cm³/mol. The summed E-state index contributed by atoms with van der Waals surface area (Å²) in [5.41, 5.74) is 2.52. The van der Waals surface area contributed by atoms with E-state index in [0.717, 1.165) is 48.9 Å². The van der Waals surface area contributed by atoms with Crippen molar-refractivity contribution in [2.24, 2.45) is 5.92 Å². The minimum absolute atomic E-state index is 0.0132. The minimum Gasteiger partial charge on any atom is -0.375 e. The molecular formula is C20H26N4O3S. The zero-order chi connectivity index (χ0) is 19.9. The molecule has 28 heavy (non-hydrogen) atoms. The SMILES string of the molecule is COCC(=O)Nc1ccc(NC(=O)C2CCN(Cc3csc(C)n3)CC2)cc1. The summed E-state index contributed by atoms with van der Waals surface area (Å²) in [5, 5.41) is 8.90. The minimum atomic E-state index is -0.209. The van der Waals surface area contributed by atoms with Crippen molar-refractivity contribution in [1.29, 1.82) is 0 Å². The highest BCUT2D eigenvalue weighted by Crippen LogP contribution is 2.22. The average molecular weight is 403 g/mol. The van der Waals surface area contributed by atoms with Crippen LogP contribution < -0.4 is 10.6 Å². The number of carbonyl (C=O) groups is 2. The average Bonchev–Trinajstić information content (AvgIpc) is 3.09. The predicted octanol–water partition coefficient (Wildman–Crippen LogP) is 2.89. The van der Waals surface area contributed by atoms with Crippen molar-refractivity contribution in [2.75, 3.05) is 37.4 Å². The lowest BCUT2D eigenvalue weighted by Crippen LogP contribution is -2.37. The Labute approximate surface area is 169 Å².